The highest BCUT2D eigenvalue weighted by molar-refractivity contribution is 7.99. The molecule has 0 radical (unpaired) electrons. The lowest BCUT2D eigenvalue weighted by molar-refractivity contribution is 0.102. The third kappa shape index (κ3) is 3.75. The number of hydrogen-bond donors (Lipinski definition) is 1. The van der Waals surface area contributed by atoms with Crippen LogP contribution in [0.4, 0.5) is 0 Å². The Balaban J connectivity index is 1.58. The Hall–Kier alpha value is -3.39. The molecule has 0 spiro atoms. The fraction of sp³-hybridized carbons (Fsp3) is 0.0526. The number of benzene rings is 1. The van der Waals surface area contributed by atoms with Gasteiger partial charge in [-0.15, -0.1) is 10.2 Å². The number of nitrogens with zero attached hydrogens (tertiary/aromatic N) is 3. The van der Waals surface area contributed by atoms with Crippen LogP contribution in [-0.4, -0.2) is 31.8 Å². The molecule has 0 aliphatic rings. The van der Waals surface area contributed by atoms with Crippen molar-refractivity contribution >= 4 is 17.5 Å². The molecule has 0 saturated heterocycles. The van der Waals surface area contributed by atoms with Gasteiger partial charge in [0.1, 0.15) is 11.4 Å². The second-order valence-electron chi connectivity index (χ2n) is 5.50. The van der Waals surface area contributed by atoms with Crippen molar-refractivity contribution in [2.24, 2.45) is 0 Å². The summed E-state index contributed by atoms with van der Waals surface area (Å²) >= 11 is 1.18. The minimum Gasteiger partial charge on any atom is -0.508 e. The van der Waals surface area contributed by atoms with E-state index in [4.69, 9.17) is 8.83 Å². The molecule has 0 aliphatic carbocycles. The topological polar surface area (TPSA) is 102 Å². The van der Waals surface area contributed by atoms with Crippen LogP contribution in [0, 0.1) is 0 Å². The second kappa shape index (κ2) is 7.46. The molecule has 27 heavy (non-hydrogen) atoms. The normalized spacial score (nSPS) is 10.8. The van der Waals surface area contributed by atoms with E-state index >= 15 is 0 Å². The minimum absolute atomic E-state index is 0.0988. The van der Waals surface area contributed by atoms with E-state index in [9.17, 15) is 9.90 Å². The SMILES string of the molecule is O=C(CSc1nnc(-c2ccco2)c(-c2ccco2)n1)c1ccc(O)cc1. The standard InChI is InChI=1S/C19H13N3O4S/c23-13-7-5-12(6-8-13)14(24)11-27-19-20-17(15-3-1-9-25-15)18(21-22-19)16-4-2-10-26-16/h1-10,23H,11H2. The van der Waals surface area contributed by atoms with Crippen LogP contribution in [0.5, 0.6) is 5.75 Å². The summed E-state index contributed by atoms with van der Waals surface area (Å²) < 4.78 is 10.8. The summed E-state index contributed by atoms with van der Waals surface area (Å²) in [5.41, 5.74) is 1.46. The molecule has 0 unspecified atom stereocenters. The predicted octanol–water partition coefficient (Wildman–Crippen LogP) is 4.07. The van der Waals surface area contributed by atoms with Gasteiger partial charge in [-0.25, -0.2) is 4.98 Å². The summed E-state index contributed by atoms with van der Waals surface area (Å²) in [4.78, 5) is 16.8. The van der Waals surface area contributed by atoms with E-state index in [1.165, 1.54) is 23.9 Å². The maximum Gasteiger partial charge on any atom is 0.210 e. The Labute approximate surface area is 158 Å². The van der Waals surface area contributed by atoms with Crippen molar-refractivity contribution in [1.29, 1.82) is 0 Å². The van der Waals surface area contributed by atoms with Crippen LogP contribution < -0.4 is 0 Å². The first-order valence-electron chi connectivity index (χ1n) is 7.98. The summed E-state index contributed by atoms with van der Waals surface area (Å²) in [7, 11) is 0. The lowest BCUT2D eigenvalue weighted by atomic mass is 10.1. The average Bonchev–Trinajstić information content (AvgIpc) is 3.40. The van der Waals surface area contributed by atoms with Gasteiger partial charge in [-0.1, -0.05) is 11.8 Å². The van der Waals surface area contributed by atoms with Gasteiger partial charge >= 0.3 is 0 Å². The number of Topliss-reactive ketones (excluding diaryl/α,β-unsaturated/α-hetero) is 1. The van der Waals surface area contributed by atoms with Gasteiger partial charge in [0.25, 0.3) is 0 Å². The van der Waals surface area contributed by atoms with Gasteiger partial charge in [0.05, 0.1) is 18.3 Å². The van der Waals surface area contributed by atoms with Crippen molar-refractivity contribution in [2.45, 2.75) is 5.16 Å². The molecule has 0 amide bonds. The number of carbonyl (C=O) groups excluding carboxylic acids is 1. The maximum absolute atomic E-state index is 12.3. The molecule has 3 aromatic heterocycles. The smallest absolute Gasteiger partial charge is 0.210 e. The van der Waals surface area contributed by atoms with Crippen LogP contribution in [0.1, 0.15) is 10.4 Å². The van der Waals surface area contributed by atoms with Crippen molar-refractivity contribution in [1.82, 2.24) is 15.2 Å². The molecule has 7 nitrogen and oxygen atoms in total. The highest BCUT2D eigenvalue weighted by Crippen LogP contribution is 2.30. The quantitative estimate of drug-likeness (QED) is 0.395. The summed E-state index contributed by atoms with van der Waals surface area (Å²) in [6, 6.07) is 13.1. The lowest BCUT2D eigenvalue weighted by Crippen LogP contribution is -2.04. The molecule has 0 fully saturated rings. The van der Waals surface area contributed by atoms with Crippen LogP contribution in [0.3, 0.4) is 0 Å². The Kier molecular flexibility index (Phi) is 4.71. The number of phenolic OH excluding ortho intramolecular Hbond substituents is 1. The number of furan rings is 2. The van der Waals surface area contributed by atoms with E-state index in [0.29, 0.717) is 33.6 Å². The van der Waals surface area contributed by atoms with Gasteiger partial charge < -0.3 is 13.9 Å². The molecule has 0 saturated carbocycles. The lowest BCUT2D eigenvalue weighted by Gasteiger charge is -2.05. The first-order chi connectivity index (χ1) is 13.2. The number of phenols is 1. The Bertz CT molecular complexity index is 1050. The summed E-state index contributed by atoms with van der Waals surface area (Å²) in [5, 5.41) is 18.0. The number of rotatable bonds is 6. The first-order valence-corrected chi connectivity index (χ1v) is 8.97. The van der Waals surface area contributed by atoms with Gasteiger partial charge in [0.2, 0.25) is 5.16 Å². The molecule has 4 rings (SSSR count). The number of ketones is 1. The van der Waals surface area contributed by atoms with Gasteiger partial charge in [-0.3, -0.25) is 4.79 Å². The Morgan fingerprint density at radius 2 is 1.59 bits per heavy atom. The molecule has 1 aromatic carbocycles. The van der Waals surface area contributed by atoms with Gasteiger partial charge in [0.15, 0.2) is 23.0 Å². The van der Waals surface area contributed by atoms with Crippen LogP contribution in [0.15, 0.2) is 75.0 Å². The predicted molar refractivity (Wildman–Crippen MR) is 98.4 cm³/mol. The Morgan fingerprint density at radius 3 is 2.22 bits per heavy atom. The summed E-state index contributed by atoms with van der Waals surface area (Å²) in [6.45, 7) is 0. The second-order valence-corrected chi connectivity index (χ2v) is 6.45. The van der Waals surface area contributed by atoms with E-state index in [0.717, 1.165) is 0 Å². The summed E-state index contributed by atoms with van der Waals surface area (Å²) in [5.74, 6) is 1.21. The molecule has 8 heteroatoms. The highest BCUT2D eigenvalue weighted by atomic mass is 32.2. The van der Waals surface area contributed by atoms with E-state index in [-0.39, 0.29) is 17.3 Å². The molecule has 4 aromatic rings. The largest absolute Gasteiger partial charge is 0.508 e. The van der Waals surface area contributed by atoms with Gasteiger partial charge in [-0.05, 0) is 48.5 Å². The van der Waals surface area contributed by atoms with Crippen molar-refractivity contribution in [3.05, 3.63) is 66.6 Å². The minimum atomic E-state index is -0.0988. The van der Waals surface area contributed by atoms with Gasteiger partial charge in [-0.2, -0.15) is 0 Å². The highest BCUT2D eigenvalue weighted by Gasteiger charge is 2.18. The molecule has 1 N–H and O–H groups in total. The van der Waals surface area contributed by atoms with Crippen molar-refractivity contribution in [2.75, 3.05) is 5.75 Å². The third-order valence-corrected chi connectivity index (χ3v) is 4.54. The van der Waals surface area contributed by atoms with Crippen LogP contribution in [-0.2, 0) is 0 Å². The zero-order valence-electron chi connectivity index (χ0n) is 13.9. The fourth-order valence-corrected chi connectivity index (χ4v) is 3.08. The maximum atomic E-state index is 12.3. The molecule has 0 aliphatic heterocycles. The zero-order valence-corrected chi connectivity index (χ0v) is 14.7. The van der Waals surface area contributed by atoms with E-state index < -0.39 is 0 Å². The monoisotopic (exact) mass is 379 g/mol. The third-order valence-electron chi connectivity index (χ3n) is 3.70. The first kappa shape index (κ1) is 17.0. The van der Waals surface area contributed by atoms with Gasteiger partial charge in [0, 0.05) is 5.56 Å². The summed E-state index contributed by atoms with van der Waals surface area (Å²) in [6.07, 6.45) is 3.09. The van der Waals surface area contributed by atoms with E-state index in [1.807, 2.05) is 0 Å². The Morgan fingerprint density at radius 1 is 0.926 bits per heavy atom. The number of carbonyl (C=O) groups is 1. The molecule has 3 heterocycles. The van der Waals surface area contributed by atoms with Crippen molar-refractivity contribution < 1.29 is 18.7 Å². The number of hydrogen-bond acceptors (Lipinski definition) is 8. The van der Waals surface area contributed by atoms with E-state index in [1.54, 1.807) is 48.9 Å². The number of aromatic hydroxyl groups is 1. The molecular formula is C19H13N3O4S. The van der Waals surface area contributed by atoms with Crippen molar-refractivity contribution in [3.8, 4) is 28.7 Å². The fourth-order valence-electron chi connectivity index (χ4n) is 2.40. The van der Waals surface area contributed by atoms with Crippen LogP contribution in [0.25, 0.3) is 22.9 Å². The molecular weight excluding hydrogens is 366 g/mol. The van der Waals surface area contributed by atoms with E-state index in [2.05, 4.69) is 15.2 Å². The molecule has 0 atom stereocenters. The molecule has 0 bridgehead atoms. The number of aromatic nitrogens is 3. The van der Waals surface area contributed by atoms with Crippen LogP contribution in [0.2, 0.25) is 0 Å². The van der Waals surface area contributed by atoms with Crippen LogP contribution >= 0.6 is 11.8 Å². The average molecular weight is 379 g/mol. The molecule has 134 valence electrons. The van der Waals surface area contributed by atoms with Crippen molar-refractivity contribution in [3.63, 3.8) is 0 Å². The zero-order chi connectivity index (χ0) is 18.6. The number of thioether (sulfide) groups is 1.